The zero-order valence-corrected chi connectivity index (χ0v) is 10.3. The van der Waals surface area contributed by atoms with Crippen LogP contribution in [-0.4, -0.2) is 24.5 Å². The second-order valence-corrected chi connectivity index (χ2v) is 4.01. The molecular weight excluding hydrogens is 285 g/mol. The predicted octanol–water partition coefficient (Wildman–Crippen LogP) is 1.72. The molecule has 0 aliphatic rings. The Balaban J connectivity index is 2.18. The first-order valence-corrected chi connectivity index (χ1v) is 5.70. The van der Waals surface area contributed by atoms with Crippen LogP contribution in [-0.2, 0) is 0 Å². The Labute approximate surface area is 116 Å². The van der Waals surface area contributed by atoms with Crippen molar-refractivity contribution in [3.8, 4) is 17.3 Å². The van der Waals surface area contributed by atoms with Crippen LogP contribution in [0, 0.1) is 17.5 Å². The minimum absolute atomic E-state index is 0.0825. The summed E-state index contributed by atoms with van der Waals surface area (Å²) in [6.45, 7) is 0. The van der Waals surface area contributed by atoms with E-state index in [0.717, 1.165) is 12.1 Å². The Morgan fingerprint density at radius 3 is 2.52 bits per heavy atom. The second-order valence-electron chi connectivity index (χ2n) is 4.01. The van der Waals surface area contributed by atoms with Gasteiger partial charge in [0.1, 0.15) is 6.33 Å². The van der Waals surface area contributed by atoms with Gasteiger partial charge in [0.2, 0.25) is 11.9 Å². The molecule has 2 N–H and O–H groups in total. The van der Waals surface area contributed by atoms with E-state index >= 15 is 0 Å². The summed E-state index contributed by atoms with van der Waals surface area (Å²) in [5, 5.41) is 0. The summed E-state index contributed by atoms with van der Waals surface area (Å²) in [4.78, 5) is 15.4. The van der Waals surface area contributed by atoms with Crippen LogP contribution in [0.5, 0.6) is 0 Å². The van der Waals surface area contributed by atoms with Crippen molar-refractivity contribution in [2.24, 2.45) is 0 Å². The molecule has 0 aliphatic heterocycles. The van der Waals surface area contributed by atoms with E-state index in [4.69, 9.17) is 5.73 Å². The van der Waals surface area contributed by atoms with Gasteiger partial charge in [-0.1, -0.05) is 0 Å². The molecule has 2 aromatic heterocycles. The first-order chi connectivity index (χ1) is 10.1. The monoisotopic (exact) mass is 292 g/mol. The van der Waals surface area contributed by atoms with Crippen LogP contribution >= 0.6 is 0 Å². The Morgan fingerprint density at radius 1 is 1.00 bits per heavy atom. The molecule has 0 bridgehead atoms. The Bertz CT molecular complexity index is 803. The molecule has 1 aromatic carbocycles. The third kappa shape index (κ3) is 2.29. The molecule has 9 heteroatoms. The van der Waals surface area contributed by atoms with Crippen LogP contribution in [0.1, 0.15) is 0 Å². The molecule has 0 atom stereocenters. The molecule has 0 unspecified atom stereocenters. The van der Waals surface area contributed by atoms with E-state index in [2.05, 4.69) is 19.9 Å². The smallest absolute Gasteiger partial charge is 0.240 e. The lowest BCUT2D eigenvalue weighted by atomic mass is 10.2. The van der Waals surface area contributed by atoms with E-state index < -0.39 is 17.5 Å². The van der Waals surface area contributed by atoms with Crippen LogP contribution in [0.4, 0.5) is 19.1 Å². The van der Waals surface area contributed by atoms with Gasteiger partial charge < -0.3 is 5.73 Å². The highest BCUT2D eigenvalue weighted by Crippen LogP contribution is 2.24. The highest BCUT2D eigenvalue weighted by molar-refractivity contribution is 5.57. The predicted molar refractivity (Wildman–Crippen MR) is 66.7 cm³/mol. The molecule has 2 heterocycles. The highest BCUT2D eigenvalue weighted by atomic mass is 19.2. The van der Waals surface area contributed by atoms with Crippen molar-refractivity contribution in [3.63, 3.8) is 0 Å². The molecule has 0 amide bonds. The molecule has 0 spiro atoms. The number of benzene rings is 1. The molecule has 0 radical (unpaired) electrons. The zero-order chi connectivity index (χ0) is 15.0. The summed E-state index contributed by atoms with van der Waals surface area (Å²) in [5.74, 6) is -4.60. The quantitative estimate of drug-likeness (QED) is 0.727. The van der Waals surface area contributed by atoms with Crippen molar-refractivity contribution in [1.29, 1.82) is 0 Å². The molecule has 3 aromatic rings. The molecule has 0 fully saturated rings. The van der Waals surface area contributed by atoms with Gasteiger partial charge in [0.05, 0.1) is 5.56 Å². The Morgan fingerprint density at radius 2 is 1.81 bits per heavy atom. The first-order valence-electron chi connectivity index (χ1n) is 5.70. The summed E-state index contributed by atoms with van der Waals surface area (Å²) in [6, 6.07) is 1.81. The van der Waals surface area contributed by atoms with Crippen molar-refractivity contribution < 1.29 is 13.2 Å². The van der Waals surface area contributed by atoms with Crippen LogP contribution in [0.2, 0.25) is 0 Å². The first kappa shape index (κ1) is 13.0. The highest BCUT2D eigenvalue weighted by Gasteiger charge is 2.18. The summed E-state index contributed by atoms with van der Waals surface area (Å²) >= 11 is 0. The number of rotatable bonds is 2. The number of imidazole rings is 1. The van der Waals surface area contributed by atoms with E-state index in [-0.39, 0.29) is 23.3 Å². The van der Waals surface area contributed by atoms with Crippen molar-refractivity contribution in [2.75, 3.05) is 5.73 Å². The van der Waals surface area contributed by atoms with Crippen LogP contribution < -0.4 is 5.73 Å². The molecule has 0 saturated heterocycles. The largest absolute Gasteiger partial charge is 0.368 e. The van der Waals surface area contributed by atoms with E-state index in [1.54, 1.807) is 6.20 Å². The fourth-order valence-electron chi connectivity index (χ4n) is 1.69. The van der Waals surface area contributed by atoms with Gasteiger partial charge in [-0.15, -0.1) is 0 Å². The van der Waals surface area contributed by atoms with Crippen LogP contribution in [0.15, 0.2) is 30.9 Å². The lowest BCUT2D eigenvalue weighted by molar-refractivity contribution is 0.448. The maximum absolute atomic E-state index is 13.8. The molecule has 0 aliphatic carbocycles. The number of anilines is 1. The number of nitrogens with zero attached hydrogens (tertiary/aromatic N) is 5. The molecular formula is C12H7F3N6. The lowest BCUT2D eigenvalue weighted by Crippen LogP contribution is -2.07. The van der Waals surface area contributed by atoms with Gasteiger partial charge >= 0.3 is 0 Å². The standard InChI is InChI=1S/C12H7F3N6/c13-7-2-1-6(8(14)9(7)15)10-18-11(16)20-12(19-10)21-4-3-17-5-21/h1-5H,(H2,16,18,19,20). The second kappa shape index (κ2) is 4.85. The maximum atomic E-state index is 13.8. The van der Waals surface area contributed by atoms with Gasteiger partial charge in [0.25, 0.3) is 0 Å². The Hall–Kier alpha value is -2.97. The third-order valence-electron chi connectivity index (χ3n) is 2.65. The zero-order valence-electron chi connectivity index (χ0n) is 10.3. The van der Waals surface area contributed by atoms with Gasteiger partial charge in [-0.3, -0.25) is 4.57 Å². The van der Waals surface area contributed by atoms with Crippen molar-refractivity contribution in [3.05, 3.63) is 48.3 Å². The molecule has 106 valence electrons. The van der Waals surface area contributed by atoms with E-state index in [1.165, 1.54) is 17.1 Å². The lowest BCUT2D eigenvalue weighted by Gasteiger charge is -2.06. The average molecular weight is 292 g/mol. The SMILES string of the molecule is Nc1nc(-c2ccc(F)c(F)c2F)nc(-n2ccnc2)n1. The van der Waals surface area contributed by atoms with Crippen molar-refractivity contribution >= 4 is 5.95 Å². The summed E-state index contributed by atoms with van der Waals surface area (Å²) < 4.78 is 41.4. The number of nitrogen functional groups attached to an aromatic ring is 1. The number of halogens is 3. The van der Waals surface area contributed by atoms with Gasteiger partial charge in [0, 0.05) is 12.4 Å². The number of hydrogen-bond acceptors (Lipinski definition) is 5. The summed E-state index contributed by atoms with van der Waals surface area (Å²) in [5.41, 5.74) is 5.22. The van der Waals surface area contributed by atoms with E-state index in [1.807, 2.05) is 0 Å². The Kier molecular flexibility index (Phi) is 3.01. The fourth-order valence-corrected chi connectivity index (χ4v) is 1.69. The topological polar surface area (TPSA) is 82.5 Å². The van der Waals surface area contributed by atoms with Gasteiger partial charge in [-0.25, -0.2) is 18.2 Å². The van der Waals surface area contributed by atoms with Crippen LogP contribution in [0.3, 0.4) is 0 Å². The average Bonchev–Trinajstić information content (AvgIpc) is 2.98. The summed E-state index contributed by atoms with van der Waals surface area (Å²) in [6.07, 6.45) is 4.43. The van der Waals surface area contributed by atoms with E-state index in [0.29, 0.717) is 0 Å². The molecule has 6 nitrogen and oxygen atoms in total. The number of aromatic nitrogens is 5. The molecule has 3 rings (SSSR count). The summed E-state index contributed by atoms with van der Waals surface area (Å²) in [7, 11) is 0. The normalized spacial score (nSPS) is 10.8. The maximum Gasteiger partial charge on any atom is 0.240 e. The van der Waals surface area contributed by atoms with Gasteiger partial charge in [0.15, 0.2) is 23.3 Å². The van der Waals surface area contributed by atoms with E-state index in [9.17, 15) is 13.2 Å². The third-order valence-corrected chi connectivity index (χ3v) is 2.65. The van der Waals surface area contributed by atoms with Gasteiger partial charge in [-0.05, 0) is 12.1 Å². The fraction of sp³-hybridized carbons (Fsp3) is 0. The van der Waals surface area contributed by atoms with Crippen molar-refractivity contribution in [1.82, 2.24) is 24.5 Å². The minimum atomic E-state index is -1.60. The number of nitrogens with two attached hydrogens (primary N) is 1. The van der Waals surface area contributed by atoms with Gasteiger partial charge in [-0.2, -0.15) is 15.0 Å². The van der Waals surface area contributed by atoms with Crippen LogP contribution in [0.25, 0.3) is 17.3 Å². The van der Waals surface area contributed by atoms with Crippen molar-refractivity contribution in [2.45, 2.75) is 0 Å². The molecule has 0 saturated carbocycles. The molecule has 21 heavy (non-hydrogen) atoms. The number of hydrogen-bond donors (Lipinski definition) is 1. The minimum Gasteiger partial charge on any atom is -0.368 e.